The first-order valence-corrected chi connectivity index (χ1v) is 6.41. The first-order chi connectivity index (χ1) is 7.89. The van der Waals surface area contributed by atoms with E-state index in [0.29, 0.717) is 0 Å². The van der Waals surface area contributed by atoms with Crippen LogP contribution in [0.5, 0.6) is 5.75 Å². The number of benzene rings is 1. The number of hydrogen-bond acceptors (Lipinski definition) is 5. The lowest BCUT2D eigenvalue weighted by atomic mass is 10.3. The van der Waals surface area contributed by atoms with E-state index in [9.17, 15) is 18.5 Å². The van der Waals surface area contributed by atoms with Crippen LogP contribution in [0, 0.1) is 10.1 Å². The van der Waals surface area contributed by atoms with Crippen LogP contribution in [0.15, 0.2) is 23.1 Å². The molecule has 1 fully saturated rings. The van der Waals surface area contributed by atoms with E-state index < -0.39 is 14.9 Å². The lowest BCUT2D eigenvalue weighted by molar-refractivity contribution is -0.386. The fourth-order valence-electron chi connectivity index (χ4n) is 1.34. The van der Waals surface area contributed by atoms with E-state index in [1.807, 2.05) is 0 Å². The van der Waals surface area contributed by atoms with E-state index in [1.54, 1.807) is 0 Å². The highest BCUT2D eigenvalue weighted by atomic mass is 32.2. The predicted molar refractivity (Wildman–Crippen MR) is 58.1 cm³/mol. The van der Waals surface area contributed by atoms with Gasteiger partial charge in [0.15, 0.2) is 0 Å². The summed E-state index contributed by atoms with van der Waals surface area (Å²) in [5.41, 5.74) is -0.386. The standard InChI is InChI=1S/C9H10N2O5S/c10-17(14,15)8-3-1-2-7(11(12)13)9(8)16-6-4-5-6/h1-3,6H,4-5H2,(H2,10,14,15). The fraction of sp³-hybridized carbons (Fsp3) is 0.333. The van der Waals surface area contributed by atoms with Gasteiger partial charge in [-0.05, 0) is 18.9 Å². The third-order valence-electron chi connectivity index (χ3n) is 2.27. The molecule has 0 spiro atoms. The van der Waals surface area contributed by atoms with Crippen molar-refractivity contribution >= 4 is 15.7 Å². The maximum Gasteiger partial charge on any atom is 0.312 e. The molecular weight excluding hydrogens is 248 g/mol. The van der Waals surface area contributed by atoms with Crippen molar-refractivity contribution in [2.45, 2.75) is 23.8 Å². The summed E-state index contributed by atoms with van der Waals surface area (Å²) >= 11 is 0. The molecule has 0 unspecified atom stereocenters. The Morgan fingerprint density at radius 1 is 1.41 bits per heavy atom. The number of nitrogens with two attached hydrogens (primary N) is 1. The van der Waals surface area contributed by atoms with Crippen LogP contribution in [0.25, 0.3) is 0 Å². The van der Waals surface area contributed by atoms with Crippen LogP contribution < -0.4 is 9.88 Å². The Hall–Kier alpha value is -1.67. The summed E-state index contributed by atoms with van der Waals surface area (Å²) in [4.78, 5) is 9.76. The molecule has 8 heteroatoms. The van der Waals surface area contributed by atoms with Crippen LogP contribution in [0.2, 0.25) is 0 Å². The quantitative estimate of drug-likeness (QED) is 0.633. The van der Waals surface area contributed by atoms with Crippen molar-refractivity contribution in [3.63, 3.8) is 0 Å². The molecule has 1 saturated carbocycles. The molecule has 1 aromatic rings. The van der Waals surface area contributed by atoms with Crippen LogP contribution in [0.4, 0.5) is 5.69 Å². The van der Waals surface area contributed by atoms with E-state index in [1.165, 1.54) is 18.2 Å². The zero-order chi connectivity index (χ0) is 12.6. The molecular formula is C9H10N2O5S. The van der Waals surface area contributed by atoms with Gasteiger partial charge in [-0.15, -0.1) is 0 Å². The zero-order valence-electron chi connectivity index (χ0n) is 8.70. The first kappa shape index (κ1) is 11.8. The lowest BCUT2D eigenvalue weighted by Gasteiger charge is -2.09. The summed E-state index contributed by atoms with van der Waals surface area (Å²) in [5.74, 6) is -0.262. The van der Waals surface area contributed by atoms with Crippen molar-refractivity contribution in [2.75, 3.05) is 0 Å². The van der Waals surface area contributed by atoms with E-state index >= 15 is 0 Å². The molecule has 92 valence electrons. The van der Waals surface area contributed by atoms with Gasteiger partial charge in [-0.1, -0.05) is 6.07 Å². The molecule has 0 atom stereocenters. The van der Waals surface area contributed by atoms with Crippen LogP contribution in [0.1, 0.15) is 12.8 Å². The van der Waals surface area contributed by atoms with Gasteiger partial charge < -0.3 is 4.74 Å². The normalized spacial score (nSPS) is 15.6. The monoisotopic (exact) mass is 258 g/mol. The second kappa shape index (κ2) is 3.97. The second-order valence-electron chi connectivity index (χ2n) is 3.72. The van der Waals surface area contributed by atoms with Crippen LogP contribution in [0.3, 0.4) is 0 Å². The molecule has 0 radical (unpaired) electrons. The van der Waals surface area contributed by atoms with Crippen LogP contribution in [-0.2, 0) is 10.0 Å². The summed E-state index contributed by atoms with van der Waals surface area (Å²) in [6, 6.07) is 3.64. The Labute approximate surface area is 97.4 Å². The van der Waals surface area contributed by atoms with Crippen molar-refractivity contribution in [3.05, 3.63) is 28.3 Å². The third kappa shape index (κ3) is 2.53. The number of para-hydroxylation sites is 1. The number of sulfonamides is 1. The zero-order valence-corrected chi connectivity index (χ0v) is 9.51. The average molecular weight is 258 g/mol. The SMILES string of the molecule is NS(=O)(=O)c1cccc([N+](=O)[O-])c1OC1CC1. The molecule has 7 nitrogen and oxygen atoms in total. The number of nitrogens with zero attached hydrogens (tertiary/aromatic N) is 1. The highest BCUT2D eigenvalue weighted by molar-refractivity contribution is 7.89. The van der Waals surface area contributed by atoms with Gasteiger partial charge in [-0.3, -0.25) is 10.1 Å². The minimum atomic E-state index is -4.04. The number of ether oxygens (including phenoxy) is 1. The highest BCUT2D eigenvalue weighted by Crippen LogP contribution is 2.37. The van der Waals surface area contributed by atoms with E-state index in [4.69, 9.17) is 9.88 Å². The number of nitro groups is 1. The van der Waals surface area contributed by atoms with E-state index in [-0.39, 0.29) is 22.4 Å². The van der Waals surface area contributed by atoms with Gasteiger partial charge in [0.2, 0.25) is 15.8 Å². The van der Waals surface area contributed by atoms with Crippen LogP contribution in [-0.4, -0.2) is 19.4 Å². The molecule has 0 heterocycles. The minimum Gasteiger partial charge on any atom is -0.483 e. The Kier molecular flexibility index (Phi) is 2.76. The van der Waals surface area contributed by atoms with Crippen molar-refractivity contribution < 1.29 is 18.1 Å². The predicted octanol–water partition coefficient (Wildman–Crippen LogP) is 0.783. The van der Waals surface area contributed by atoms with Crippen molar-refractivity contribution in [1.29, 1.82) is 0 Å². The number of nitro benzene ring substituents is 1. The Morgan fingerprint density at radius 3 is 2.53 bits per heavy atom. The Balaban J connectivity index is 2.57. The smallest absolute Gasteiger partial charge is 0.312 e. The number of primary sulfonamides is 1. The van der Waals surface area contributed by atoms with Gasteiger partial charge in [0.25, 0.3) is 0 Å². The number of hydrogen-bond donors (Lipinski definition) is 1. The van der Waals surface area contributed by atoms with Gasteiger partial charge in [0.1, 0.15) is 4.90 Å². The Morgan fingerprint density at radius 2 is 2.06 bits per heavy atom. The van der Waals surface area contributed by atoms with E-state index in [2.05, 4.69) is 0 Å². The van der Waals surface area contributed by atoms with Crippen LogP contribution >= 0.6 is 0 Å². The molecule has 1 aromatic carbocycles. The third-order valence-corrected chi connectivity index (χ3v) is 3.20. The topological polar surface area (TPSA) is 113 Å². The largest absolute Gasteiger partial charge is 0.483 e. The summed E-state index contributed by atoms with van der Waals surface area (Å²) in [5, 5.41) is 15.8. The van der Waals surface area contributed by atoms with Gasteiger partial charge >= 0.3 is 5.69 Å². The molecule has 0 amide bonds. The molecule has 17 heavy (non-hydrogen) atoms. The van der Waals surface area contributed by atoms with Gasteiger partial charge in [0.05, 0.1) is 11.0 Å². The van der Waals surface area contributed by atoms with Crippen molar-refractivity contribution in [3.8, 4) is 5.75 Å². The average Bonchev–Trinajstić information content (AvgIpc) is 3.00. The van der Waals surface area contributed by atoms with Crippen molar-refractivity contribution in [1.82, 2.24) is 0 Å². The maximum atomic E-state index is 11.3. The maximum absolute atomic E-state index is 11.3. The van der Waals surface area contributed by atoms with Gasteiger partial charge in [-0.2, -0.15) is 0 Å². The van der Waals surface area contributed by atoms with Gasteiger partial charge in [-0.25, -0.2) is 13.6 Å². The molecule has 1 aliphatic carbocycles. The molecule has 1 aliphatic rings. The second-order valence-corrected chi connectivity index (χ2v) is 5.25. The molecule has 0 aromatic heterocycles. The Bertz CT molecular complexity index is 565. The molecule has 2 N–H and O–H groups in total. The first-order valence-electron chi connectivity index (χ1n) is 4.86. The summed E-state index contributed by atoms with van der Waals surface area (Å²) in [6.07, 6.45) is 1.36. The fourth-order valence-corrected chi connectivity index (χ4v) is 2.02. The molecule has 0 saturated heterocycles. The van der Waals surface area contributed by atoms with Crippen molar-refractivity contribution in [2.24, 2.45) is 5.14 Å². The lowest BCUT2D eigenvalue weighted by Crippen LogP contribution is -2.15. The molecule has 0 bridgehead atoms. The number of rotatable bonds is 4. The molecule has 0 aliphatic heterocycles. The summed E-state index contributed by atoms with van der Waals surface area (Å²) in [6.45, 7) is 0. The minimum absolute atomic E-state index is 0.156. The van der Waals surface area contributed by atoms with E-state index in [0.717, 1.165) is 12.8 Å². The van der Waals surface area contributed by atoms with Gasteiger partial charge in [0, 0.05) is 6.07 Å². The highest BCUT2D eigenvalue weighted by Gasteiger charge is 2.31. The summed E-state index contributed by atoms with van der Waals surface area (Å²) < 4.78 is 27.9. The molecule has 2 rings (SSSR count). The summed E-state index contributed by atoms with van der Waals surface area (Å²) in [7, 11) is -4.04.